The van der Waals surface area contributed by atoms with Gasteiger partial charge >= 0.3 is 0 Å². The number of aliphatic hydroxyl groups is 1. The molecule has 2 N–H and O–H groups in total. The highest BCUT2D eigenvalue weighted by molar-refractivity contribution is 6.06. The Morgan fingerprint density at radius 3 is 2.60 bits per heavy atom. The molecule has 7 heterocycles. The quantitative estimate of drug-likeness (QED) is 0.300. The van der Waals surface area contributed by atoms with Crippen LogP contribution in [0.5, 0.6) is 0 Å². The van der Waals surface area contributed by atoms with Gasteiger partial charge in [0.15, 0.2) is 5.82 Å². The van der Waals surface area contributed by atoms with Gasteiger partial charge in [-0.3, -0.25) is 19.4 Å². The summed E-state index contributed by atoms with van der Waals surface area (Å²) in [6.07, 6.45) is 8.41. The van der Waals surface area contributed by atoms with Crippen molar-refractivity contribution in [3.63, 3.8) is 0 Å². The van der Waals surface area contributed by atoms with E-state index >= 15 is 4.39 Å². The molecule has 0 bridgehead atoms. The van der Waals surface area contributed by atoms with Crippen LogP contribution in [-0.4, -0.2) is 86.0 Å². The number of aliphatic hydroxyl groups excluding tert-OH is 1. The first-order valence-corrected chi connectivity index (χ1v) is 17.6. The molecule has 2 atom stereocenters. The Morgan fingerprint density at radius 2 is 1.86 bits per heavy atom. The predicted octanol–water partition coefficient (Wildman–Crippen LogP) is 3.86. The average Bonchev–Trinajstić information content (AvgIpc) is 3.39. The van der Waals surface area contributed by atoms with Gasteiger partial charge in [-0.2, -0.15) is 0 Å². The maximum absolute atomic E-state index is 15.6. The maximum Gasteiger partial charge on any atom is 0.279 e. The number of carbonyl (C=O) groups excluding carboxylic acids is 1. The van der Waals surface area contributed by atoms with Crippen molar-refractivity contribution >= 4 is 28.9 Å². The molecule has 4 aliphatic rings. The van der Waals surface area contributed by atoms with E-state index in [4.69, 9.17) is 4.74 Å². The fourth-order valence-corrected chi connectivity index (χ4v) is 8.20. The number of nitrogens with one attached hydrogen (secondary N) is 1. The van der Waals surface area contributed by atoms with Crippen LogP contribution in [0.2, 0.25) is 0 Å². The van der Waals surface area contributed by atoms with Crippen LogP contribution in [0, 0.1) is 5.82 Å². The zero-order valence-electron chi connectivity index (χ0n) is 28.7. The van der Waals surface area contributed by atoms with Gasteiger partial charge < -0.3 is 29.2 Å². The summed E-state index contributed by atoms with van der Waals surface area (Å²) < 4.78 is 24.3. The Morgan fingerprint density at radius 1 is 1.04 bits per heavy atom. The van der Waals surface area contributed by atoms with Crippen molar-refractivity contribution in [2.24, 2.45) is 7.05 Å². The lowest BCUT2D eigenvalue weighted by Crippen LogP contribution is -2.63. The topological polar surface area (TPSA) is 121 Å². The summed E-state index contributed by atoms with van der Waals surface area (Å²) in [5.74, 6) is -0.0829. The first-order valence-electron chi connectivity index (χ1n) is 17.6. The van der Waals surface area contributed by atoms with Gasteiger partial charge in [0.05, 0.1) is 37.7 Å². The molecule has 0 spiro atoms. The summed E-state index contributed by atoms with van der Waals surface area (Å²) in [5, 5.41) is 13.9. The molecule has 262 valence electrons. The first kappa shape index (κ1) is 32.6. The van der Waals surface area contributed by atoms with Crippen LogP contribution in [0.4, 0.5) is 27.4 Å². The largest absolute Gasteiger partial charge is 0.392 e. The van der Waals surface area contributed by atoms with Crippen molar-refractivity contribution in [3.05, 3.63) is 81.5 Å². The number of pyridine rings is 3. The van der Waals surface area contributed by atoms with E-state index in [0.717, 1.165) is 56.9 Å². The van der Waals surface area contributed by atoms with E-state index in [0.29, 0.717) is 71.4 Å². The predicted molar refractivity (Wildman–Crippen MR) is 189 cm³/mol. The number of rotatable bonds is 7. The number of halogens is 1. The van der Waals surface area contributed by atoms with E-state index in [1.165, 1.54) is 9.47 Å². The maximum atomic E-state index is 15.6. The Balaban J connectivity index is 1.05. The molecule has 3 aliphatic heterocycles. The zero-order chi connectivity index (χ0) is 34.7. The summed E-state index contributed by atoms with van der Waals surface area (Å²) >= 11 is 0. The second kappa shape index (κ2) is 12.9. The Labute approximate surface area is 290 Å². The molecular weight excluding hydrogens is 639 g/mol. The number of carbonyl (C=O) groups is 1. The van der Waals surface area contributed by atoms with Gasteiger partial charge in [-0.25, -0.2) is 14.4 Å². The fourth-order valence-electron chi connectivity index (χ4n) is 8.20. The number of aromatic nitrogens is 4. The SMILES string of the molecule is CC1CN(C2COC2)C(C)CN1c1ccc(Nc2cc(-c3ccnc(N4CCn5c6c(c(F)c5C4=O)CCCC6)c3CO)cn(C)c2=O)nc1. The molecule has 1 amide bonds. The molecular formula is C37H43FN8O4. The van der Waals surface area contributed by atoms with Crippen molar-refractivity contribution in [3.8, 4) is 11.1 Å². The van der Waals surface area contributed by atoms with Crippen LogP contribution < -0.4 is 20.7 Å². The number of hydrogen-bond acceptors (Lipinski definition) is 9. The van der Waals surface area contributed by atoms with E-state index in [-0.39, 0.29) is 17.1 Å². The third-order valence-electron chi connectivity index (χ3n) is 10.9. The van der Waals surface area contributed by atoms with E-state index in [2.05, 4.69) is 38.9 Å². The summed E-state index contributed by atoms with van der Waals surface area (Å²) in [6.45, 7) is 8.30. The summed E-state index contributed by atoms with van der Waals surface area (Å²) in [5.41, 5.74) is 4.43. The highest BCUT2D eigenvalue weighted by atomic mass is 19.1. The van der Waals surface area contributed by atoms with E-state index in [1.807, 2.05) is 22.9 Å². The van der Waals surface area contributed by atoms with E-state index in [9.17, 15) is 14.7 Å². The minimum Gasteiger partial charge on any atom is -0.392 e. The minimum absolute atomic E-state index is 0.0707. The van der Waals surface area contributed by atoms with Crippen LogP contribution in [-0.2, 0) is 37.8 Å². The number of anilines is 4. The van der Waals surface area contributed by atoms with Gasteiger partial charge in [-0.1, -0.05) is 0 Å². The summed E-state index contributed by atoms with van der Waals surface area (Å²) in [6, 6.07) is 8.59. The van der Waals surface area contributed by atoms with Crippen LogP contribution >= 0.6 is 0 Å². The van der Waals surface area contributed by atoms with Gasteiger partial charge in [0.25, 0.3) is 11.5 Å². The van der Waals surface area contributed by atoms with Crippen molar-refractivity contribution in [1.29, 1.82) is 0 Å². The third kappa shape index (κ3) is 5.48. The molecule has 0 saturated carbocycles. The van der Waals surface area contributed by atoms with E-state index < -0.39 is 18.3 Å². The Hall–Kier alpha value is -4.59. The summed E-state index contributed by atoms with van der Waals surface area (Å²) in [7, 11) is 1.67. The van der Waals surface area contributed by atoms with E-state index in [1.54, 1.807) is 31.6 Å². The van der Waals surface area contributed by atoms with Crippen LogP contribution in [0.3, 0.4) is 0 Å². The molecule has 0 aromatic carbocycles. The first-order chi connectivity index (χ1) is 24.2. The Bertz CT molecular complexity index is 2010. The third-order valence-corrected chi connectivity index (χ3v) is 10.9. The fraction of sp³-hybridized carbons (Fsp3) is 0.459. The molecule has 1 aliphatic carbocycles. The molecule has 4 aromatic heterocycles. The van der Waals surface area contributed by atoms with Crippen LogP contribution in [0.15, 0.2) is 47.7 Å². The number of aryl methyl sites for hydroxylation is 1. The van der Waals surface area contributed by atoms with Crippen LogP contribution in [0.25, 0.3) is 11.1 Å². The van der Waals surface area contributed by atoms with Gasteiger partial charge in [0, 0.05) is 80.1 Å². The molecule has 8 rings (SSSR count). The monoisotopic (exact) mass is 682 g/mol. The van der Waals surface area contributed by atoms with Crippen molar-refractivity contribution in [2.45, 2.75) is 70.8 Å². The van der Waals surface area contributed by atoms with Crippen LogP contribution in [0.1, 0.15) is 54.0 Å². The number of amides is 1. The number of nitrogens with zero attached hydrogens (tertiary/aromatic N) is 7. The molecule has 2 unspecified atom stereocenters. The van der Waals surface area contributed by atoms with Gasteiger partial charge in [-0.15, -0.1) is 0 Å². The molecule has 12 nitrogen and oxygen atoms in total. The lowest BCUT2D eigenvalue weighted by atomic mass is 9.97. The highest BCUT2D eigenvalue weighted by Crippen LogP contribution is 2.36. The molecule has 2 fully saturated rings. The van der Waals surface area contributed by atoms with Gasteiger partial charge in [-0.05, 0) is 69.4 Å². The second-order valence-electron chi connectivity index (χ2n) is 14.0. The zero-order valence-corrected chi connectivity index (χ0v) is 28.7. The smallest absolute Gasteiger partial charge is 0.279 e. The molecule has 0 radical (unpaired) electrons. The lowest BCUT2D eigenvalue weighted by Gasteiger charge is -2.50. The van der Waals surface area contributed by atoms with Crippen molar-refractivity contribution in [2.75, 3.05) is 48.0 Å². The number of fused-ring (bicyclic) bond motifs is 3. The molecule has 13 heteroatoms. The molecule has 4 aromatic rings. The standard InChI is InChI=1S/C37H43FN8O4/c1-22-17-46(26-20-50-21-26)23(2)16-45(22)25-8-9-32(40-15-25)41-30-14-24(18-42(3)36(30)48)27-10-11-39-35(29(27)19-47)44-13-12-43-31-7-5-4-6-28(31)33(38)34(43)37(44)49/h8-11,14-15,18,22-23,26,47H,4-7,12-13,16-17,19-21H2,1-3H3,(H,40,41). The number of ether oxygens (including phenoxy) is 1. The van der Waals surface area contributed by atoms with Gasteiger partial charge in [0.1, 0.15) is 23.0 Å². The normalized spacial score (nSPS) is 21.2. The van der Waals surface area contributed by atoms with Crippen molar-refractivity contribution < 1.29 is 19.0 Å². The van der Waals surface area contributed by atoms with Gasteiger partial charge in [0.2, 0.25) is 0 Å². The van der Waals surface area contributed by atoms with Crippen molar-refractivity contribution in [1.82, 2.24) is 24.0 Å². The average molecular weight is 683 g/mol. The lowest BCUT2D eigenvalue weighted by molar-refractivity contribution is -0.0828. The summed E-state index contributed by atoms with van der Waals surface area (Å²) in [4.78, 5) is 42.7. The Kier molecular flexibility index (Phi) is 8.44. The minimum atomic E-state index is -0.460. The number of hydrogen-bond donors (Lipinski definition) is 2. The molecule has 2 saturated heterocycles. The second-order valence-corrected chi connectivity index (χ2v) is 14.0. The highest BCUT2D eigenvalue weighted by Gasteiger charge is 2.38. The molecule has 50 heavy (non-hydrogen) atoms. The number of piperazine rings is 1.